The number of sulfonamides is 1. The third-order valence-corrected chi connectivity index (χ3v) is 6.20. The van der Waals surface area contributed by atoms with E-state index in [2.05, 4.69) is 9.71 Å². The van der Waals surface area contributed by atoms with Crippen molar-refractivity contribution in [3.05, 3.63) is 42.0 Å². The van der Waals surface area contributed by atoms with Crippen molar-refractivity contribution in [1.29, 1.82) is 0 Å². The molecule has 3 aromatic rings. The van der Waals surface area contributed by atoms with Crippen molar-refractivity contribution >= 4 is 42.7 Å². The van der Waals surface area contributed by atoms with E-state index in [0.29, 0.717) is 21.5 Å². The molecule has 148 valence electrons. The fourth-order valence-electron chi connectivity index (χ4n) is 2.47. The van der Waals surface area contributed by atoms with E-state index in [1.807, 2.05) is 0 Å². The number of esters is 1. The second-order valence-electron chi connectivity index (χ2n) is 5.54. The van der Waals surface area contributed by atoms with E-state index >= 15 is 0 Å². The lowest BCUT2D eigenvalue weighted by atomic mass is 10.2. The van der Waals surface area contributed by atoms with Gasteiger partial charge in [-0.2, -0.15) is 0 Å². The van der Waals surface area contributed by atoms with Crippen molar-refractivity contribution in [3.8, 4) is 11.5 Å². The standard InChI is InChI=1S/C18H18N2O6S2/c1-4-26-17(21)11-5-7-13-15(9-11)27-18(19-13)20-28(22,23)16-10-12(24-2)6-8-14(16)25-3/h5-10H,4H2,1-3H3,(H,19,20). The zero-order valence-corrected chi connectivity index (χ0v) is 17.0. The Morgan fingerprint density at radius 2 is 1.93 bits per heavy atom. The topological polar surface area (TPSA) is 104 Å². The molecule has 0 atom stereocenters. The number of methoxy groups -OCH3 is 2. The number of anilines is 1. The number of ether oxygens (including phenoxy) is 3. The van der Waals surface area contributed by atoms with E-state index in [9.17, 15) is 13.2 Å². The van der Waals surface area contributed by atoms with Gasteiger partial charge in [-0.3, -0.25) is 4.72 Å². The van der Waals surface area contributed by atoms with Crippen LogP contribution >= 0.6 is 11.3 Å². The molecule has 0 unspecified atom stereocenters. The van der Waals surface area contributed by atoms with Crippen LogP contribution in [0, 0.1) is 0 Å². The maximum Gasteiger partial charge on any atom is 0.338 e. The number of nitrogens with one attached hydrogen (secondary N) is 1. The Labute approximate surface area is 166 Å². The minimum absolute atomic E-state index is 0.0687. The van der Waals surface area contributed by atoms with Gasteiger partial charge in [0.25, 0.3) is 10.0 Å². The average molecular weight is 422 g/mol. The Kier molecular flexibility index (Phi) is 5.71. The van der Waals surface area contributed by atoms with Gasteiger partial charge in [0.2, 0.25) is 0 Å². The second kappa shape index (κ2) is 8.03. The van der Waals surface area contributed by atoms with Gasteiger partial charge in [-0.25, -0.2) is 18.2 Å². The average Bonchev–Trinajstić information content (AvgIpc) is 3.08. The number of hydrogen-bond donors (Lipinski definition) is 1. The van der Waals surface area contributed by atoms with E-state index in [0.717, 1.165) is 11.3 Å². The summed E-state index contributed by atoms with van der Waals surface area (Å²) in [5.41, 5.74) is 0.940. The first kappa shape index (κ1) is 19.9. The van der Waals surface area contributed by atoms with Crippen molar-refractivity contribution in [2.75, 3.05) is 25.5 Å². The number of nitrogens with zero attached hydrogens (tertiary/aromatic N) is 1. The van der Waals surface area contributed by atoms with Crippen molar-refractivity contribution < 1.29 is 27.4 Å². The number of rotatable bonds is 7. The molecule has 28 heavy (non-hydrogen) atoms. The van der Waals surface area contributed by atoms with E-state index in [4.69, 9.17) is 14.2 Å². The molecule has 1 aromatic heterocycles. The number of carbonyl (C=O) groups is 1. The Morgan fingerprint density at radius 1 is 1.14 bits per heavy atom. The molecular weight excluding hydrogens is 404 g/mol. The van der Waals surface area contributed by atoms with E-state index in [-0.39, 0.29) is 22.4 Å². The van der Waals surface area contributed by atoms with Gasteiger partial charge in [0.1, 0.15) is 16.4 Å². The Balaban J connectivity index is 1.94. The van der Waals surface area contributed by atoms with Crippen LogP contribution in [0.2, 0.25) is 0 Å². The molecular formula is C18H18N2O6S2. The Morgan fingerprint density at radius 3 is 2.61 bits per heavy atom. The number of thiazole rings is 1. The van der Waals surface area contributed by atoms with Crippen LogP contribution in [0.3, 0.4) is 0 Å². The normalized spacial score (nSPS) is 11.2. The summed E-state index contributed by atoms with van der Waals surface area (Å²) >= 11 is 1.11. The van der Waals surface area contributed by atoms with Crippen LogP contribution in [0.4, 0.5) is 5.13 Å². The molecule has 3 rings (SSSR count). The summed E-state index contributed by atoms with van der Waals surface area (Å²) in [7, 11) is -1.14. The van der Waals surface area contributed by atoms with Crippen molar-refractivity contribution in [3.63, 3.8) is 0 Å². The van der Waals surface area contributed by atoms with Gasteiger partial charge >= 0.3 is 5.97 Å². The molecule has 8 nitrogen and oxygen atoms in total. The fourth-order valence-corrected chi connectivity index (χ4v) is 4.80. The van der Waals surface area contributed by atoms with Gasteiger partial charge in [-0.15, -0.1) is 0 Å². The summed E-state index contributed by atoms with van der Waals surface area (Å²) < 4.78 is 44.0. The molecule has 10 heteroatoms. The Bertz CT molecular complexity index is 1120. The van der Waals surface area contributed by atoms with Gasteiger partial charge < -0.3 is 14.2 Å². The highest BCUT2D eigenvalue weighted by molar-refractivity contribution is 7.93. The molecule has 0 aliphatic rings. The summed E-state index contributed by atoms with van der Waals surface area (Å²) in [6, 6.07) is 9.33. The molecule has 0 aliphatic carbocycles. The highest BCUT2D eigenvalue weighted by Crippen LogP contribution is 2.32. The monoisotopic (exact) mass is 422 g/mol. The third kappa shape index (κ3) is 4.02. The summed E-state index contributed by atoms with van der Waals surface area (Å²) in [6.45, 7) is 2.00. The van der Waals surface area contributed by atoms with E-state index < -0.39 is 16.0 Å². The van der Waals surface area contributed by atoms with Crippen LogP contribution in [0.5, 0.6) is 11.5 Å². The lowest BCUT2D eigenvalue weighted by Crippen LogP contribution is -2.14. The summed E-state index contributed by atoms with van der Waals surface area (Å²) in [5.74, 6) is 0.115. The highest BCUT2D eigenvalue weighted by Gasteiger charge is 2.22. The predicted octanol–water partition coefficient (Wildman–Crippen LogP) is 3.29. The predicted molar refractivity (Wildman–Crippen MR) is 106 cm³/mol. The lowest BCUT2D eigenvalue weighted by Gasteiger charge is -2.11. The molecule has 0 aliphatic heterocycles. The van der Waals surface area contributed by atoms with E-state index in [1.54, 1.807) is 31.2 Å². The van der Waals surface area contributed by atoms with Crippen molar-refractivity contribution in [2.45, 2.75) is 11.8 Å². The molecule has 0 radical (unpaired) electrons. The van der Waals surface area contributed by atoms with Gasteiger partial charge in [0, 0.05) is 6.07 Å². The summed E-state index contributed by atoms with van der Waals surface area (Å²) in [5, 5.41) is 0.167. The van der Waals surface area contributed by atoms with E-state index in [1.165, 1.54) is 26.4 Å². The molecule has 0 amide bonds. The summed E-state index contributed by atoms with van der Waals surface area (Å²) in [6.07, 6.45) is 0. The van der Waals surface area contributed by atoms with Gasteiger partial charge in [-0.1, -0.05) is 11.3 Å². The van der Waals surface area contributed by atoms with Gasteiger partial charge in [-0.05, 0) is 37.3 Å². The maximum absolute atomic E-state index is 12.8. The van der Waals surface area contributed by atoms with Gasteiger partial charge in [0.15, 0.2) is 5.13 Å². The summed E-state index contributed by atoms with van der Waals surface area (Å²) in [4.78, 5) is 16.1. The molecule has 2 aromatic carbocycles. The first-order valence-electron chi connectivity index (χ1n) is 8.20. The first-order chi connectivity index (χ1) is 13.4. The first-order valence-corrected chi connectivity index (χ1v) is 10.5. The SMILES string of the molecule is CCOC(=O)c1ccc2nc(NS(=O)(=O)c3cc(OC)ccc3OC)sc2c1. The second-order valence-corrected chi connectivity index (χ2v) is 8.23. The number of benzene rings is 2. The molecule has 0 saturated carbocycles. The maximum atomic E-state index is 12.8. The van der Waals surface area contributed by atoms with Crippen molar-refractivity contribution in [2.24, 2.45) is 0 Å². The van der Waals surface area contributed by atoms with Crippen LogP contribution in [0.15, 0.2) is 41.3 Å². The lowest BCUT2D eigenvalue weighted by molar-refractivity contribution is 0.0526. The van der Waals surface area contributed by atoms with Crippen molar-refractivity contribution in [1.82, 2.24) is 4.98 Å². The van der Waals surface area contributed by atoms with Crippen LogP contribution < -0.4 is 14.2 Å². The molecule has 0 saturated heterocycles. The quantitative estimate of drug-likeness (QED) is 0.583. The number of hydrogen-bond acceptors (Lipinski definition) is 8. The Hall–Kier alpha value is -2.85. The number of fused-ring (bicyclic) bond motifs is 1. The van der Waals surface area contributed by atoms with Crippen LogP contribution in [0.25, 0.3) is 10.2 Å². The fraction of sp³-hybridized carbons (Fsp3) is 0.222. The smallest absolute Gasteiger partial charge is 0.338 e. The zero-order valence-electron chi connectivity index (χ0n) is 15.4. The van der Waals surface area contributed by atoms with Crippen LogP contribution in [-0.4, -0.2) is 40.2 Å². The number of carbonyl (C=O) groups excluding carboxylic acids is 1. The minimum Gasteiger partial charge on any atom is -0.497 e. The zero-order chi connectivity index (χ0) is 20.3. The molecule has 0 fully saturated rings. The molecule has 1 heterocycles. The van der Waals surface area contributed by atoms with Crippen LogP contribution in [0.1, 0.15) is 17.3 Å². The minimum atomic E-state index is -3.97. The molecule has 0 bridgehead atoms. The molecule has 0 spiro atoms. The number of aromatic nitrogens is 1. The molecule has 1 N–H and O–H groups in total. The van der Waals surface area contributed by atoms with Crippen LogP contribution in [-0.2, 0) is 14.8 Å². The van der Waals surface area contributed by atoms with Gasteiger partial charge in [0.05, 0.1) is 36.6 Å². The highest BCUT2D eigenvalue weighted by atomic mass is 32.2. The third-order valence-electron chi connectivity index (χ3n) is 3.78. The largest absolute Gasteiger partial charge is 0.497 e.